The first-order valence-electron chi connectivity index (χ1n) is 12.2. The number of hydrogen-bond acceptors (Lipinski definition) is 5. The molecule has 0 aliphatic carbocycles. The van der Waals surface area contributed by atoms with Crippen molar-refractivity contribution < 1.29 is 28.2 Å². The van der Waals surface area contributed by atoms with Gasteiger partial charge < -0.3 is 23.7 Å². The largest absolute Gasteiger partial charge is 0.506 e. The Balaban J connectivity index is 1.91. The van der Waals surface area contributed by atoms with E-state index in [9.17, 15) is 23.5 Å². The maximum absolute atomic E-state index is 13.8. The van der Waals surface area contributed by atoms with Gasteiger partial charge in [0.25, 0.3) is 5.56 Å². The minimum Gasteiger partial charge on any atom is -0.506 e. The van der Waals surface area contributed by atoms with Crippen LogP contribution in [0.25, 0.3) is 22.3 Å². The molecule has 3 heterocycles. The summed E-state index contributed by atoms with van der Waals surface area (Å²) >= 11 is 0. The first-order valence-corrected chi connectivity index (χ1v) is 12.2. The molecule has 7 nitrogen and oxygen atoms in total. The normalized spacial score (nSPS) is 14.9. The van der Waals surface area contributed by atoms with Gasteiger partial charge in [-0.1, -0.05) is 57.2 Å². The molecular weight excluding hydrogens is 494 g/mol. The molecule has 2 aromatic carbocycles. The number of carbonyl (C=O) groups excluding carboxylic acids is 1. The molecule has 0 saturated heterocycles. The van der Waals surface area contributed by atoms with Gasteiger partial charge in [-0.15, -0.1) is 0 Å². The van der Waals surface area contributed by atoms with Crippen LogP contribution in [0.3, 0.4) is 0 Å². The van der Waals surface area contributed by atoms with E-state index < -0.39 is 34.9 Å². The molecule has 0 bridgehead atoms. The van der Waals surface area contributed by atoms with Crippen LogP contribution in [0.5, 0.6) is 11.5 Å². The van der Waals surface area contributed by atoms with Crippen LogP contribution in [-0.2, 0) is 17.8 Å². The van der Waals surface area contributed by atoms with Crippen molar-refractivity contribution in [3.05, 3.63) is 81.6 Å². The lowest BCUT2D eigenvalue weighted by molar-refractivity contribution is -0.0488. The number of nitrogens with zero attached hydrogens (tertiary/aromatic N) is 2. The Morgan fingerprint density at radius 1 is 1.13 bits per heavy atom. The Labute approximate surface area is 217 Å². The molecule has 1 aliphatic heterocycles. The number of benzene rings is 2. The molecule has 5 rings (SSSR count). The Hall–Kier alpha value is -4.14. The average Bonchev–Trinajstić information content (AvgIpc) is 3.25. The number of hydrogen-bond donors (Lipinski definition) is 1. The highest BCUT2D eigenvalue weighted by Crippen LogP contribution is 2.51. The van der Waals surface area contributed by atoms with Crippen LogP contribution in [0, 0.1) is 5.41 Å². The van der Waals surface area contributed by atoms with Gasteiger partial charge >= 0.3 is 12.6 Å². The summed E-state index contributed by atoms with van der Waals surface area (Å²) in [4.78, 5) is 26.6. The number of pyridine rings is 1. The maximum atomic E-state index is 13.8. The number of rotatable bonds is 5. The zero-order valence-electron chi connectivity index (χ0n) is 21.5. The second-order valence-electron chi connectivity index (χ2n) is 10.5. The number of aromatic nitrogens is 2. The number of esters is 1. The Morgan fingerprint density at radius 2 is 1.84 bits per heavy atom. The number of carbonyl (C=O) groups is 1. The molecule has 0 radical (unpaired) electrons. The summed E-state index contributed by atoms with van der Waals surface area (Å²) in [6.45, 7) is 3.51. The SMILES string of the molecule is COC(=O)c1c(O)c2c(n(Cc3ccccc3)c1=O)-c1cc3c(OC(F)F)cccc3n1CC2C(C)(C)C. The molecular formula is C29H28F2N2O5. The minimum atomic E-state index is -3.00. The molecule has 0 spiro atoms. The number of fused-ring (bicyclic) bond motifs is 5. The van der Waals surface area contributed by atoms with Gasteiger partial charge in [-0.3, -0.25) is 4.79 Å². The summed E-state index contributed by atoms with van der Waals surface area (Å²) < 4.78 is 39.5. The van der Waals surface area contributed by atoms with Crippen LogP contribution >= 0.6 is 0 Å². The molecule has 0 fully saturated rings. The van der Waals surface area contributed by atoms with Gasteiger partial charge in [0.15, 0.2) is 5.56 Å². The third-order valence-corrected chi connectivity index (χ3v) is 7.17. The van der Waals surface area contributed by atoms with Crippen LogP contribution < -0.4 is 10.3 Å². The smallest absolute Gasteiger partial charge is 0.387 e. The van der Waals surface area contributed by atoms with E-state index in [4.69, 9.17) is 9.47 Å². The monoisotopic (exact) mass is 522 g/mol. The summed E-state index contributed by atoms with van der Waals surface area (Å²) in [5, 5.41) is 11.9. The van der Waals surface area contributed by atoms with Crippen LogP contribution in [0.2, 0.25) is 0 Å². The van der Waals surface area contributed by atoms with E-state index in [0.717, 1.165) is 12.7 Å². The molecule has 198 valence electrons. The van der Waals surface area contributed by atoms with Crippen molar-refractivity contribution in [3.8, 4) is 22.9 Å². The highest BCUT2D eigenvalue weighted by molar-refractivity contribution is 5.96. The minimum absolute atomic E-state index is 0.0145. The molecule has 4 aromatic rings. The molecule has 1 unspecified atom stereocenters. The molecule has 38 heavy (non-hydrogen) atoms. The third kappa shape index (κ3) is 4.12. The topological polar surface area (TPSA) is 82.7 Å². The molecule has 1 aliphatic rings. The standard InChI is InChI=1S/C29H28F2N2O5/c1-29(2,3)18-15-32-19-11-8-12-21(38-28(30)31)17(19)13-20(32)24-22(18)25(34)23(27(36)37-4)26(35)33(24)14-16-9-6-5-7-10-16/h5-13,18,28,34H,14-15H2,1-4H3. The third-order valence-electron chi connectivity index (χ3n) is 7.17. The summed E-state index contributed by atoms with van der Waals surface area (Å²) in [5.41, 5.74) is 1.35. The maximum Gasteiger partial charge on any atom is 0.387 e. The van der Waals surface area contributed by atoms with Crippen molar-refractivity contribution in [2.24, 2.45) is 5.41 Å². The van der Waals surface area contributed by atoms with Crippen LogP contribution in [0.15, 0.2) is 59.4 Å². The Morgan fingerprint density at radius 3 is 2.47 bits per heavy atom. The Kier molecular flexibility index (Phi) is 6.25. The lowest BCUT2D eigenvalue weighted by Gasteiger charge is -2.38. The number of halogens is 2. The molecule has 2 aromatic heterocycles. The predicted octanol–water partition coefficient (Wildman–Crippen LogP) is 5.76. The molecule has 9 heteroatoms. The van der Waals surface area contributed by atoms with E-state index in [1.165, 1.54) is 10.6 Å². The number of ether oxygens (including phenoxy) is 2. The lowest BCUT2D eigenvalue weighted by Crippen LogP contribution is -2.36. The van der Waals surface area contributed by atoms with E-state index in [-0.39, 0.29) is 18.2 Å². The van der Waals surface area contributed by atoms with Crippen molar-refractivity contribution in [2.45, 2.75) is 46.4 Å². The van der Waals surface area contributed by atoms with E-state index in [1.807, 2.05) is 61.7 Å². The van der Waals surface area contributed by atoms with Gasteiger partial charge in [-0.25, -0.2) is 4.79 Å². The van der Waals surface area contributed by atoms with Crippen LogP contribution in [-0.4, -0.2) is 33.9 Å². The van der Waals surface area contributed by atoms with E-state index >= 15 is 0 Å². The van der Waals surface area contributed by atoms with E-state index in [1.54, 1.807) is 12.1 Å². The summed E-state index contributed by atoms with van der Waals surface area (Å²) in [6.07, 6.45) is 0. The van der Waals surface area contributed by atoms with Crippen molar-refractivity contribution in [2.75, 3.05) is 7.11 Å². The molecule has 0 amide bonds. The van der Waals surface area contributed by atoms with Crippen molar-refractivity contribution in [1.82, 2.24) is 9.13 Å². The fraction of sp³-hybridized carbons (Fsp3) is 0.310. The van der Waals surface area contributed by atoms with Gasteiger partial charge in [0, 0.05) is 23.4 Å². The van der Waals surface area contributed by atoms with E-state index in [2.05, 4.69) is 0 Å². The first-order chi connectivity index (χ1) is 18.0. The second kappa shape index (κ2) is 9.31. The van der Waals surface area contributed by atoms with Crippen molar-refractivity contribution >= 4 is 16.9 Å². The van der Waals surface area contributed by atoms with Crippen molar-refractivity contribution in [1.29, 1.82) is 0 Å². The summed E-state index contributed by atoms with van der Waals surface area (Å²) in [7, 11) is 1.16. The number of alkyl halides is 2. The second-order valence-corrected chi connectivity index (χ2v) is 10.5. The summed E-state index contributed by atoms with van der Waals surface area (Å²) in [6, 6.07) is 15.9. The average molecular weight is 523 g/mol. The zero-order chi connectivity index (χ0) is 27.4. The van der Waals surface area contributed by atoms with Gasteiger partial charge in [-0.05, 0) is 29.2 Å². The predicted molar refractivity (Wildman–Crippen MR) is 139 cm³/mol. The van der Waals surface area contributed by atoms with E-state index in [0.29, 0.717) is 34.4 Å². The molecule has 1 N–H and O–H groups in total. The number of methoxy groups -OCH3 is 1. The lowest BCUT2D eigenvalue weighted by atomic mass is 9.73. The highest BCUT2D eigenvalue weighted by Gasteiger charge is 2.41. The van der Waals surface area contributed by atoms with Gasteiger partial charge in [-0.2, -0.15) is 8.78 Å². The fourth-order valence-electron chi connectivity index (χ4n) is 5.37. The van der Waals surface area contributed by atoms with Crippen LogP contribution in [0.1, 0.15) is 48.2 Å². The van der Waals surface area contributed by atoms with Gasteiger partial charge in [0.05, 0.1) is 30.6 Å². The number of aromatic hydroxyl groups is 1. The fourth-order valence-corrected chi connectivity index (χ4v) is 5.37. The van der Waals surface area contributed by atoms with Gasteiger partial charge in [0.2, 0.25) is 0 Å². The highest BCUT2D eigenvalue weighted by atomic mass is 19.3. The summed E-state index contributed by atoms with van der Waals surface area (Å²) in [5.74, 6) is -1.67. The molecule has 1 atom stereocenters. The first kappa shape index (κ1) is 25.5. The molecule has 0 saturated carbocycles. The van der Waals surface area contributed by atoms with Crippen LogP contribution in [0.4, 0.5) is 8.78 Å². The quantitative estimate of drug-likeness (QED) is 0.337. The van der Waals surface area contributed by atoms with Crippen molar-refractivity contribution in [3.63, 3.8) is 0 Å². The zero-order valence-corrected chi connectivity index (χ0v) is 21.5. The van der Waals surface area contributed by atoms with Gasteiger partial charge in [0.1, 0.15) is 11.5 Å². The Bertz CT molecular complexity index is 1600.